The van der Waals surface area contributed by atoms with E-state index in [0.717, 1.165) is 19.6 Å². The van der Waals surface area contributed by atoms with Crippen molar-refractivity contribution >= 4 is 27.5 Å². The molecule has 1 aliphatic rings. The highest BCUT2D eigenvalue weighted by atomic mass is 32.1. The van der Waals surface area contributed by atoms with E-state index in [0.29, 0.717) is 39.1 Å². The molecule has 0 aromatic carbocycles. The predicted molar refractivity (Wildman–Crippen MR) is 98.2 cm³/mol. The molecule has 0 spiro atoms. The van der Waals surface area contributed by atoms with E-state index < -0.39 is 5.97 Å². The van der Waals surface area contributed by atoms with Crippen LogP contribution in [0.2, 0.25) is 0 Å². The normalized spacial score (nSPS) is 18.4. The summed E-state index contributed by atoms with van der Waals surface area (Å²) in [6.07, 6.45) is 1.51. The van der Waals surface area contributed by atoms with Crippen LogP contribution in [0.5, 0.6) is 0 Å². The standard InChI is InChI=1S/C17H22N4O3S/c1-4-7-24-17(23)14-11(3)13-15(22)19-12(20-16(13)25-14)9-21-6-5-18-10(2)8-21/h4,10,18H,1,5-9H2,2-3H3,(H,19,20,22). The summed E-state index contributed by atoms with van der Waals surface area (Å²) in [5, 5.41) is 3.85. The second kappa shape index (κ2) is 7.47. The number of carbonyl (C=O) groups excluding carboxylic acids is 1. The van der Waals surface area contributed by atoms with Crippen molar-refractivity contribution in [2.45, 2.75) is 26.4 Å². The Kier molecular flexibility index (Phi) is 5.31. The van der Waals surface area contributed by atoms with Crippen LogP contribution in [-0.4, -0.2) is 53.1 Å². The van der Waals surface area contributed by atoms with Gasteiger partial charge in [0.25, 0.3) is 5.56 Å². The number of nitrogens with zero attached hydrogens (tertiary/aromatic N) is 2. The van der Waals surface area contributed by atoms with Gasteiger partial charge < -0.3 is 15.0 Å². The first-order valence-electron chi connectivity index (χ1n) is 8.25. The first-order chi connectivity index (χ1) is 12.0. The molecule has 8 heteroatoms. The quantitative estimate of drug-likeness (QED) is 0.618. The Hall–Kier alpha value is -2.03. The van der Waals surface area contributed by atoms with Gasteiger partial charge in [-0.05, 0) is 19.4 Å². The van der Waals surface area contributed by atoms with E-state index in [-0.39, 0.29) is 12.2 Å². The van der Waals surface area contributed by atoms with Gasteiger partial charge >= 0.3 is 5.97 Å². The number of aryl methyl sites for hydroxylation is 1. The van der Waals surface area contributed by atoms with Crippen molar-refractivity contribution in [1.29, 1.82) is 0 Å². The van der Waals surface area contributed by atoms with E-state index in [1.807, 2.05) is 0 Å². The first-order valence-corrected chi connectivity index (χ1v) is 9.07. The molecule has 134 valence electrons. The largest absolute Gasteiger partial charge is 0.457 e. The van der Waals surface area contributed by atoms with Crippen LogP contribution in [0.3, 0.4) is 0 Å². The van der Waals surface area contributed by atoms with Crippen LogP contribution in [0.25, 0.3) is 10.2 Å². The van der Waals surface area contributed by atoms with Gasteiger partial charge in [0, 0.05) is 25.7 Å². The molecule has 0 bridgehead atoms. The summed E-state index contributed by atoms with van der Waals surface area (Å²) in [7, 11) is 0. The van der Waals surface area contributed by atoms with Crippen LogP contribution < -0.4 is 10.9 Å². The van der Waals surface area contributed by atoms with E-state index >= 15 is 0 Å². The highest BCUT2D eigenvalue weighted by molar-refractivity contribution is 7.20. The van der Waals surface area contributed by atoms with Crippen molar-refractivity contribution < 1.29 is 9.53 Å². The Bertz CT molecular complexity index is 857. The number of aromatic amines is 1. The van der Waals surface area contributed by atoms with Gasteiger partial charge in [-0.2, -0.15) is 0 Å². The number of aromatic nitrogens is 2. The number of H-pyrrole nitrogens is 1. The molecule has 0 amide bonds. The number of ether oxygens (including phenoxy) is 1. The summed E-state index contributed by atoms with van der Waals surface area (Å²) in [6, 6.07) is 0.416. The summed E-state index contributed by atoms with van der Waals surface area (Å²) in [6.45, 7) is 10.9. The number of hydrogen-bond donors (Lipinski definition) is 2. The molecule has 1 fully saturated rings. The summed E-state index contributed by atoms with van der Waals surface area (Å²) < 4.78 is 5.09. The molecule has 0 aliphatic carbocycles. The van der Waals surface area contributed by atoms with Crippen LogP contribution in [0.4, 0.5) is 0 Å². The van der Waals surface area contributed by atoms with Gasteiger partial charge in [-0.25, -0.2) is 9.78 Å². The van der Waals surface area contributed by atoms with Crippen molar-refractivity contribution in [2.75, 3.05) is 26.2 Å². The molecule has 1 unspecified atom stereocenters. The Labute approximate surface area is 149 Å². The molecule has 7 nitrogen and oxygen atoms in total. The average Bonchev–Trinajstić information content (AvgIpc) is 2.90. The number of nitrogens with one attached hydrogen (secondary N) is 2. The van der Waals surface area contributed by atoms with Crippen molar-refractivity contribution in [1.82, 2.24) is 20.2 Å². The highest BCUT2D eigenvalue weighted by Crippen LogP contribution is 2.27. The van der Waals surface area contributed by atoms with Crippen LogP contribution in [0.15, 0.2) is 17.4 Å². The number of thiophene rings is 1. The van der Waals surface area contributed by atoms with Crippen molar-refractivity contribution in [2.24, 2.45) is 0 Å². The summed E-state index contributed by atoms with van der Waals surface area (Å²) in [5.74, 6) is 0.177. The zero-order valence-electron chi connectivity index (χ0n) is 14.4. The zero-order valence-corrected chi connectivity index (χ0v) is 15.2. The molecule has 0 radical (unpaired) electrons. The number of carbonyl (C=O) groups is 1. The lowest BCUT2D eigenvalue weighted by Crippen LogP contribution is -2.48. The second-order valence-corrected chi connectivity index (χ2v) is 7.23. The molecule has 1 atom stereocenters. The Morgan fingerprint density at radius 3 is 3.08 bits per heavy atom. The average molecular weight is 362 g/mol. The van der Waals surface area contributed by atoms with E-state index in [9.17, 15) is 9.59 Å². The third-order valence-corrected chi connectivity index (χ3v) is 5.36. The maximum Gasteiger partial charge on any atom is 0.348 e. The van der Waals surface area contributed by atoms with E-state index in [2.05, 4.69) is 33.7 Å². The van der Waals surface area contributed by atoms with E-state index in [1.54, 1.807) is 6.92 Å². The summed E-state index contributed by atoms with van der Waals surface area (Å²) >= 11 is 1.20. The Balaban J connectivity index is 1.89. The minimum Gasteiger partial charge on any atom is -0.457 e. The number of piperazine rings is 1. The lowest BCUT2D eigenvalue weighted by Gasteiger charge is -2.31. The molecule has 2 N–H and O–H groups in total. The highest BCUT2D eigenvalue weighted by Gasteiger charge is 2.21. The van der Waals surface area contributed by atoms with Gasteiger partial charge in [-0.3, -0.25) is 9.69 Å². The van der Waals surface area contributed by atoms with Crippen molar-refractivity contribution in [3.05, 3.63) is 39.3 Å². The van der Waals surface area contributed by atoms with E-state index in [1.165, 1.54) is 17.4 Å². The van der Waals surface area contributed by atoms with Gasteiger partial charge in [-0.15, -0.1) is 11.3 Å². The van der Waals surface area contributed by atoms with Crippen molar-refractivity contribution in [3.8, 4) is 0 Å². The molecule has 25 heavy (non-hydrogen) atoms. The van der Waals surface area contributed by atoms with Crippen LogP contribution >= 0.6 is 11.3 Å². The summed E-state index contributed by atoms with van der Waals surface area (Å²) in [5.41, 5.74) is 0.407. The minimum absolute atomic E-state index is 0.142. The minimum atomic E-state index is -0.447. The molecule has 1 saturated heterocycles. The molecular weight excluding hydrogens is 340 g/mol. The van der Waals surface area contributed by atoms with Crippen molar-refractivity contribution in [3.63, 3.8) is 0 Å². The van der Waals surface area contributed by atoms with Gasteiger partial charge in [-0.1, -0.05) is 12.7 Å². The lowest BCUT2D eigenvalue weighted by atomic mass is 10.2. The molecule has 3 heterocycles. The maximum absolute atomic E-state index is 12.5. The lowest BCUT2D eigenvalue weighted by molar-refractivity contribution is 0.0555. The Morgan fingerprint density at radius 1 is 1.56 bits per heavy atom. The molecule has 3 rings (SSSR count). The third kappa shape index (κ3) is 3.81. The predicted octanol–water partition coefficient (Wildman–Crippen LogP) is 1.43. The maximum atomic E-state index is 12.5. The van der Waals surface area contributed by atoms with Gasteiger partial charge in [0.2, 0.25) is 0 Å². The third-order valence-electron chi connectivity index (χ3n) is 4.19. The van der Waals surface area contributed by atoms with Crippen LogP contribution in [0, 0.1) is 6.92 Å². The van der Waals surface area contributed by atoms with E-state index in [4.69, 9.17) is 4.74 Å². The summed E-state index contributed by atoms with van der Waals surface area (Å²) in [4.78, 5) is 35.3. The number of fused-ring (bicyclic) bond motifs is 1. The number of hydrogen-bond acceptors (Lipinski definition) is 7. The molecule has 2 aromatic rings. The fraction of sp³-hybridized carbons (Fsp3) is 0.471. The number of esters is 1. The van der Waals surface area contributed by atoms with Gasteiger partial charge in [0.05, 0.1) is 11.9 Å². The first kappa shape index (κ1) is 17.8. The van der Waals surface area contributed by atoms with Gasteiger partial charge in [0.1, 0.15) is 22.1 Å². The molecular formula is C17H22N4O3S. The monoisotopic (exact) mass is 362 g/mol. The SMILES string of the molecule is C=CCOC(=O)c1sc2nc(CN3CCNC(C)C3)[nH]c(=O)c2c1C. The Morgan fingerprint density at radius 2 is 2.36 bits per heavy atom. The van der Waals surface area contributed by atoms with Crippen LogP contribution in [0.1, 0.15) is 28.0 Å². The topological polar surface area (TPSA) is 87.3 Å². The smallest absolute Gasteiger partial charge is 0.348 e. The molecule has 1 aliphatic heterocycles. The number of rotatable bonds is 5. The van der Waals surface area contributed by atoms with Gasteiger partial charge in [0.15, 0.2) is 0 Å². The molecule has 0 saturated carbocycles. The second-order valence-electron chi connectivity index (χ2n) is 6.23. The molecule has 2 aromatic heterocycles. The fourth-order valence-corrected chi connectivity index (χ4v) is 4.12. The van der Waals surface area contributed by atoms with Crippen LogP contribution in [-0.2, 0) is 11.3 Å². The zero-order chi connectivity index (χ0) is 18.0. The fourth-order valence-electron chi connectivity index (χ4n) is 3.03.